The van der Waals surface area contributed by atoms with Crippen molar-refractivity contribution in [2.24, 2.45) is 0 Å². The first-order valence-electron chi connectivity index (χ1n) is 5.07. The first-order valence-corrected chi connectivity index (χ1v) is 7.63. The highest BCUT2D eigenvalue weighted by Crippen LogP contribution is 2.15. The first kappa shape index (κ1) is 15.4. The molecule has 0 aliphatic carbocycles. The van der Waals surface area contributed by atoms with Crippen LogP contribution in [0.25, 0.3) is 0 Å². The summed E-state index contributed by atoms with van der Waals surface area (Å²) in [5, 5.41) is 0. The molecule has 0 radical (unpaired) electrons. The van der Waals surface area contributed by atoms with Crippen molar-refractivity contribution in [3.63, 3.8) is 0 Å². The Morgan fingerprint density at radius 1 is 1.28 bits per heavy atom. The largest absolute Gasteiger partial charge is 0.468 e. The van der Waals surface area contributed by atoms with Crippen molar-refractivity contribution in [1.29, 1.82) is 0 Å². The number of halogens is 1. The number of nitrogens with one attached hydrogen (secondary N) is 1. The predicted molar refractivity (Wildman–Crippen MR) is 75.6 cm³/mol. The molecule has 1 N–H and O–H groups in total. The van der Waals surface area contributed by atoms with Gasteiger partial charge in [-0.15, -0.1) is 0 Å². The maximum atomic E-state index is 12.1. The summed E-state index contributed by atoms with van der Waals surface area (Å²) < 4.78 is 31.9. The second-order valence-corrected chi connectivity index (χ2v) is 7.10. The van der Waals surface area contributed by atoms with Crippen LogP contribution in [-0.4, -0.2) is 27.0 Å². The third-order valence-electron chi connectivity index (χ3n) is 2.21. The number of carbonyl (C=O) groups excluding carboxylic acids is 1. The fourth-order valence-electron chi connectivity index (χ4n) is 1.31. The zero-order chi connectivity index (χ0) is 14.0. The Hall–Kier alpha value is -0.670. The van der Waals surface area contributed by atoms with E-state index in [1.54, 1.807) is 12.1 Å². The first-order chi connectivity index (χ1) is 8.19. The number of sulfonamides is 1. The molecule has 5 nitrogen and oxygen atoms in total. The van der Waals surface area contributed by atoms with Crippen molar-refractivity contribution in [2.75, 3.05) is 7.11 Å². The zero-order valence-electron chi connectivity index (χ0n) is 10.2. The third-order valence-corrected chi connectivity index (χ3v) is 4.60. The maximum Gasteiger partial charge on any atom is 0.326 e. The molecule has 0 amide bonds. The van der Waals surface area contributed by atoms with Gasteiger partial charge in [0, 0.05) is 3.57 Å². The molecule has 0 saturated heterocycles. The van der Waals surface area contributed by atoms with Gasteiger partial charge in [-0.3, -0.25) is 4.79 Å². The van der Waals surface area contributed by atoms with Gasteiger partial charge < -0.3 is 4.74 Å². The Morgan fingerprint density at radius 3 is 2.22 bits per heavy atom. The van der Waals surface area contributed by atoms with Gasteiger partial charge in [-0.25, -0.2) is 8.42 Å². The molecule has 0 bridgehead atoms. The summed E-state index contributed by atoms with van der Waals surface area (Å²) >= 11 is 2.08. The van der Waals surface area contributed by atoms with Gasteiger partial charge in [0.15, 0.2) is 0 Å². The molecular formula is C11H14INO4S. The van der Waals surface area contributed by atoms with Crippen LogP contribution in [0.15, 0.2) is 29.2 Å². The summed E-state index contributed by atoms with van der Waals surface area (Å²) in [4.78, 5) is 11.6. The van der Waals surface area contributed by atoms with Crippen molar-refractivity contribution in [3.8, 4) is 0 Å². The van der Waals surface area contributed by atoms with E-state index in [1.807, 2.05) is 0 Å². The molecule has 0 atom stereocenters. The van der Waals surface area contributed by atoms with E-state index in [2.05, 4.69) is 32.0 Å². The number of carbonyl (C=O) groups is 1. The Bertz CT molecular complexity index is 537. The highest BCUT2D eigenvalue weighted by Gasteiger charge is 2.34. The Balaban J connectivity index is 3.02. The van der Waals surface area contributed by atoms with Crippen LogP contribution in [0.2, 0.25) is 0 Å². The minimum absolute atomic E-state index is 0.111. The van der Waals surface area contributed by atoms with E-state index in [0.717, 1.165) is 3.57 Å². The Morgan fingerprint density at radius 2 is 1.78 bits per heavy atom. The summed E-state index contributed by atoms with van der Waals surface area (Å²) in [6, 6.07) is 6.33. The van der Waals surface area contributed by atoms with Gasteiger partial charge in [0.25, 0.3) is 0 Å². The van der Waals surface area contributed by atoms with Crippen LogP contribution in [0.1, 0.15) is 13.8 Å². The topological polar surface area (TPSA) is 72.5 Å². The maximum absolute atomic E-state index is 12.1. The van der Waals surface area contributed by atoms with Crippen molar-refractivity contribution in [2.45, 2.75) is 24.3 Å². The van der Waals surface area contributed by atoms with Gasteiger partial charge in [0.1, 0.15) is 5.54 Å². The minimum Gasteiger partial charge on any atom is -0.468 e. The second kappa shape index (κ2) is 5.54. The normalized spacial score (nSPS) is 12.2. The zero-order valence-corrected chi connectivity index (χ0v) is 13.2. The fraction of sp³-hybridized carbons (Fsp3) is 0.364. The summed E-state index contributed by atoms with van der Waals surface area (Å²) in [6.07, 6.45) is 0. The van der Waals surface area contributed by atoms with Crippen molar-refractivity contribution in [3.05, 3.63) is 27.8 Å². The van der Waals surface area contributed by atoms with E-state index in [9.17, 15) is 13.2 Å². The lowest BCUT2D eigenvalue weighted by Crippen LogP contribution is -2.50. The number of esters is 1. The van der Waals surface area contributed by atoms with Crippen molar-refractivity contribution in [1.82, 2.24) is 4.72 Å². The average Bonchev–Trinajstić information content (AvgIpc) is 2.27. The minimum atomic E-state index is -3.74. The third kappa shape index (κ3) is 3.66. The van der Waals surface area contributed by atoms with Crippen LogP contribution in [0.4, 0.5) is 0 Å². The number of benzene rings is 1. The smallest absolute Gasteiger partial charge is 0.326 e. The highest BCUT2D eigenvalue weighted by molar-refractivity contribution is 14.1. The quantitative estimate of drug-likeness (QED) is 0.632. The lowest BCUT2D eigenvalue weighted by Gasteiger charge is -2.22. The van der Waals surface area contributed by atoms with Gasteiger partial charge in [0.05, 0.1) is 12.0 Å². The summed E-state index contributed by atoms with van der Waals surface area (Å²) in [5.74, 6) is -0.642. The number of ether oxygens (including phenoxy) is 1. The van der Waals surface area contributed by atoms with Crippen molar-refractivity contribution < 1.29 is 17.9 Å². The molecule has 0 heterocycles. The Labute approximate surface area is 120 Å². The molecule has 0 unspecified atom stereocenters. The lowest BCUT2D eigenvalue weighted by molar-refractivity contribution is -0.146. The summed E-state index contributed by atoms with van der Waals surface area (Å²) in [6.45, 7) is 2.89. The molecule has 7 heteroatoms. The molecular weight excluding hydrogens is 369 g/mol. The van der Waals surface area contributed by atoms with E-state index in [0.29, 0.717) is 0 Å². The molecule has 0 aromatic heterocycles. The fourth-order valence-corrected chi connectivity index (χ4v) is 3.03. The standard InChI is InChI=1S/C11H14INO4S/c1-11(2,10(14)17-3)13-18(15,16)9-6-4-8(12)5-7-9/h4-7,13H,1-3H3. The van der Waals surface area contributed by atoms with Gasteiger partial charge >= 0.3 is 5.97 Å². The van der Waals surface area contributed by atoms with Crippen LogP contribution in [0.3, 0.4) is 0 Å². The molecule has 100 valence electrons. The molecule has 0 aliphatic rings. The number of methoxy groups -OCH3 is 1. The van der Waals surface area contributed by atoms with Gasteiger partial charge in [0.2, 0.25) is 10.0 Å². The molecule has 18 heavy (non-hydrogen) atoms. The van der Waals surface area contributed by atoms with Crippen LogP contribution >= 0.6 is 22.6 Å². The van der Waals surface area contributed by atoms with Crippen LogP contribution in [0.5, 0.6) is 0 Å². The number of rotatable bonds is 4. The van der Waals surface area contributed by atoms with Crippen LogP contribution in [-0.2, 0) is 19.6 Å². The van der Waals surface area contributed by atoms with Crippen LogP contribution < -0.4 is 4.72 Å². The van der Waals surface area contributed by atoms with E-state index in [1.165, 1.54) is 33.1 Å². The second-order valence-electron chi connectivity index (χ2n) is 4.18. The molecule has 0 saturated carbocycles. The van der Waals surface area contributed by atoms with Gasteiger partial charge in [-0.05, 0) is 60.7 Å². The molecule has 0 spiro atoms. The van der Waals surface area contributed by atoms with Crippen LogP contribution in [0, 0.1) is 3.57 Å². The summed E-state index contributed by atoms with van der Waals surface area (Å²) in [5.41, 5.74) is -1.31. The van der Waals surface area contributed by atoms with E-state index >= 15 is 0 Å². The molecule has 1 aromatic rings. The number of hydrogen-bond donors (Lipinski definition) is 1. The van der Waals surface area contributed by atoms with Gasteiger partial charge in [-0.2, -0.15) is 4.72 Å². The molecule has 1 rings (SSSR count). The summed E-state index contributed by atoms with van der Waals surface area (Å²) in [7, 11) is -2.53. The Kier molecular flexibility index (Phi) is 4.73. The molecule has 0 aliphatic heterocycles. The highest BCUT2D eigenvalue weighted by atomic mass is 127. The molecule has 1 aromatic carbocycles. The van der Waals surface area contributed by atoms with Crippen molar-refractivity contribution >= 4 is 38.6 Å². The number of hydrogen-bond acceptors (Lipinski definition) is 4. The monoisotopic (exact) mass is 383 g/mol. The SMILES string of the molecule is COC(=O)C(C)(C)NS(=O)(=O)c1ccc(I)cc1. The van der Waals surface area contributed by atoms with E-state index < -0.39 is 21.5 Å². The van der Waals surface area contributed by atoms with Gasteiger partial charge in [-0.1, -0.05) is 0 Å². The van der Waals surface area contributed by atoms with E-state index in [4.69, 9.17) is 0 Å². The predicted octanol–water partition coefficient (Wildman–Crippen LogP) is 1.52. The molecule has 0 fully saturated rings. The average molecular weight is 383 g/mol. The van der Waals surface area contributed by atoms with E-state index in [-0.39, 0.29) is 4.90 Å². The lowest BCUT2D eigenvalue weighted by atomic mass is 10.1.